The molecule has 2 saturated heterocycles. The third kappa shape index (κ3) is 5.45. The Labute approximate surface area is 243 Å². The van der Waals surface area contributed by atoms with Crippen molar-refractivity contribution in [3.8, 4) is 17.1 Å². The number of nitrogens with one attached hydrogen (secondary N) is 1. The second kappa shape index (κ2) is 11.2. The molecule has 3 aliphatic rings. The third-order valence-corrected chi connectivity index (χ3v) is 8.77. The molecule has 42 heavy (non-hydrogen) atoms. The van der Waals surface area contributed by atoms with E-state index >= 15 is 0 Å². The van der Waals surface area contributed by atoms with Crippen LogP contribution < -0.4 is 10.1 Å². The molecule has 5 heterocycles. The van der Waals surface area contributed by atoms with Gasteiger partial charge in [-0.15, -0.1) is 0 Å². The summed E-state index contributed by atoms with van der Waals surface area (Å²) in [5, 5.41) is 3.14. The van der Waals surface area contributed by atoms with Gasteiger partial charge in [-0.3, -0.25) is 9.69 Å². The van der Waals surface area contributed by atoms with Crippen LogP contribution >= 0.6 is 0 Å². The van der Waals surface area contributed by atoms with Gasteiger partial charge in [0.15, 0.2) is 0 Å². The van der Waals surface area contributed by atoms with Gasteiger partial charge >= 0.3 is 6.18 Å². The number of benzene rings is 1. The van der Waals surface area contributed by atoms with E-state index in [1.807, 2.05) is 4.90 Å². The van der Waals surface area contributed by atoms with Gasteiger partial charge in [-0.05, 0) is 63.1 Å². The number of likely N-dealkylation sites (tertiary alicyclic amines) is 1. The minimum Gasteiger partial charge on any atom is -0.495 e. The van der Waals surface area contributed by atoms with Crippen LogP contribution in [0, 0.1) is 6.92 Å². The highest BCUT2D eigenvalue weighted by Crippen LogP contribution is 2.40. The van der Waals surface area contributed by atoms with E-state index in [0.29, 0.717) is 46.4 Å². The van der Waals surface area contributed by atoms with Gasteiger partial charge < -0.3 is 24.4 Å². The minimum absolute atomic E-state index is 0.0292. The second-order valence-corrected chi connectivity index (χ2v) is 11.4. The summed E-state index contributed by atoms with van der Waals surface area (Å²) in [6.07, 6.45) is -0.442. The van der Waals surface area contributed by atoms with Crippen molar-refractivity contribution in [2.75, 3.05) is 58.7 Å². The normalized spacial score (nSPS) is 18.5. The first kappa shape index (κ1) is 28.5. The highest BCUT2D eigenvalue weighted by molar-refractivity contribution is 5.95. The number of aromatic nitrogens is 3. The van der Waals surface area contributed by atoms with E-state index < -0.39 is 11.9 Å². The molecule has 1 amide bonds. The Morgan fingerprint density at radius 1 is 1.05 bits per heavy atom. The molecule has 0 bridgehead atoms. The van der Waals surface area contributed by atoms with E-state index in [1.54, 1.807) is 31.3 Å². The summed E-state index contributed by atoms with van der Waals surface area (Å²) >= 11 is 0. The standard InChI is InChI=1S/C30H36F3N7O2/c1-19-16-25(30(31,32)33)40-11-6-21-18-34-29(36-26(21)27(19)40)35-23-5-4-20(17-24(23)42-3)28(41)39-9-7-22(8-10-39)38-14-12-37(2)13-15-38/h4-5,16-18,22H,6-15H2,1-3H3,(H,34,35,36). The maximum Gasteiger partial charge on any atom is 0.431 e. The molecular weight excluding hydrogens is 547 g/mol. The monoisotopic (exact) mass is 583 g/mol. The number of carbonyl (C=O) groups excluding carboxylic acids is 1. The van der Waals surface area contributed by atoms with Gasteiger partial charge in [0.1, 0.15) is 11.4 Å². The van der Waals surface area contributed by atoms with E-state index in [4.69, 9.17) is 4.74 Å². The highest BCUT2D eigenvalue weighted by atomic mass is 19.4. The summed E-state index contributed by atoms with van der Waals surface area (Å²) in [7, 11) is 3.68. The third-order valence-electron chi connectivity index (χ3n) is 8.77. The molecule has 2 fully saturated rings. The predicted molar refractivity (Wildman–Crippen MR) is 153 cm³/mol. The summed E-state index contributed by atoms with van der Waals surface area (Å²) in [6, 6.07) is 6.91. The van der Waals surface area contributed by atoms with Gasteiger partial charge in [0.25, 0.3) is 5.91 Å². The molecule has 1 aromatic carbocycles. The van der Waals surface area contributed by atoms with Crippen molar-refractivity contribution in [3.05, 3.63) is 52.8 Å². The number of halogens is 3. The fourth-order valence-electron chi connectivity index (χ4n) is 6.41. The Kier molecular flexibility index (Phi) is 7.61. The molecule has 2 aromatic heterocycles. The van der Waals surface area contributed by atoms with Gasteiger partial charge in [-0.1, -0.05) is 0 Å². The Morgan fingerprint density at radius 3 is 2.48 bits per heavy atom. The van der Waals surface area contributed by atoms with E-state index in [9.17, 15) is 18.0 Å². The Balaban J connectivity index is 1.16. The lowest BCUT2D eigenvalue weighted by Gasteiger charge is -2.42. The smallest absolute Gasteiger partial charge is 0.431 e. The van der Waals surface area contributed by atoms with Gasteiger partial charge in [0.2, 0.25) is 5.95 Å². The number of amides is 1. The van der Waals surface area contributed by atoms with Crippen LogP contribution in [0.25, 0.3) is 11.4 Å². The van der Waals surface area contributed by atoms with Crippen molar-refractivity contribution in [3.63, 3.8) is 0 Å². The van der Waals surface area contributed by atoms with Gasteiger partial charge in [0, 0.05) is 69.2 Å². The fraction of sp³-hybridized carbons (Fsp3) is 0.500. The number of piperazine rings is 1. The largest absolute Gasteiger partial charge is 0.495 e. The van der Waals surface area contributed by atoms with Crippen molar-refractivity contribution in [2.24, 2.45) is 0 Å². The average molecular weight is 584 g/mol. The van der Waals surface area contributed by atoms with Gasteiger partial charge in [-0.2, -0.15) is 13.2 Å². The van der Waals surface area contributed by atoms with Crippen molar-refractivity contribution in [1.82, 2.24) is 29.2 Å². The van der Waals surface area contributed by atoms with Gasteiger partial charge in [-0.25, -0.2) is 9.97 Å². The molecule has 0 spiro atoms. The molecule has 6 rings (SSSR count). The molecule has 224 valence electrons. The van der Waals surface area contributed by atoms with E-state index in [1.165, 1.54) is 17.7 Å². The molecule has 0 unspecified atom stereocenters. The lowest BCUT2D eigenvalue weighted by molar-refractivity contribution is -0.143. The molecule has 0 atom stereocenters. The number of ether oxygens (including phenoxy) is 1. The summed E-state index contributed by atoms with van der Waals surface area (Å²) in [4.78, 5) is 29.2. The van der Waals surface area contributed by atoms with E-state index in [2.05, 4.69) is 32.1 Å². The second-order valence-electron chi connectivity index (χ2n) is 11.4. The van der Waals surface area contributed by atoms with Crippen molar-refractivity contribution >= 4 is 17.5 Å². The number of hydrogen-bond acceptors (Lipinski definition) is 7. The first-order valence-corrected chi connectivity index (χ1v) is 14.4. The number of piperidine rings is 1. The molecule has 0 radical (unpaired) electrons. The van der Waals surface area contributed by atoms with Crippen molar-refractivity contribution < 1.29 is 22.7 Å². The van der Waals surface area contributed by atoms with Crippen molar-refractivity contribution in [2.45, 2.75) is 44.9 Å². The summed E-state index contributed by atoms with van der Waals surface area (Å²) < 4.78 is 47.8. The van der Waals surface area contributed by atoms with E-state index in [-0.39, 0.29) is 18.4 Å². The number of fused-ring (bicyclic) bond motifs is 3. The Hall–Kier alpha value is -3.64. The van der Waals surface area contributed by atoms with Crippen molar-refractivity contribution in [1.29, 1.82) is 0 Å². The number of alkyl halides is 3. The zero-order chi connectivity index (χ0) is 29.6. The topological polar surface area (TPSA) is 78.8 Å². The van der Waals surface area contributed by atoms with Crippen LogP contribution in [-0.4, -0.2) is 94.6 Å². The zero-order valence-corrected chi connectivity index (χ0v) is 24.2. The zero-order valence-electron chi connectivity index (χ0n) is 24.2. The first-order chi connectivity index (χ1) is 20.1. The Bertz CT molecular complexity index is 1470. The maximum atomic E-state index is 13.6. The molecule has 0 saturated carbocycles. The summed E-state index contributed by atoms with van der Waals surface area (Å²) in [5.74, 6) is 0.659. The summed E-state index contributed by atoms with van der Waals surface area (Å²) in [5.41, 5.74) is 2.68. The quantitative estimate of drug-likeness (QED) is 0.476. The maximum absolute atomic E-state index is 13.6. The lowest BCUT2D eigenvalue weighted by atomic mass is 10.0. The van der Waals surface area contributed by atoms with Crippen LogP contribution in [0.4, 0.5) is 24.8 Å². The van der Waals surface area contributed by atoms with Crippen LogP contribution in [-0.2, 0) is 19.1 Å². The lowest BCUT2D eigenvalue weighted by Crippen LogP contribution is -2.52. The molecule has 12 heteroatoms. The van der Waals surface area contributed by atoms with Gasteiger partial charge in [0.05, 0.1) is 24.2 Å². The average Bonchev–Trinajstić information content (AvgIpc) is 3.35. The van der Waals surface area contributed by atoms with Crippen LogP contribution in [0.5, 0.6) is 5.75 Å². The van der Waals surface area contributed by atoms with E-state index in [0.717, 1.165) is 57.7 Å². The number of rotatable bonds is 5. The number of nitrogens with zero attached hydrogens (tertiary/aromatic N) is 6. The molecule has 1 N–H and O–H groups in total. The number of carbonyl (C=O) groups is 1. The highest BCUT2D eigenvalue weighted by Gasteiger charge is 2.38. The predicted octanol–water partition coefficient (Wildman–Crippen LogP) is 4.43. The Morgan fingerprint density at radius 2 is 1.79 bits per heavy atom. The van der Waals surface area contributed by atoms with Crippen LogP contribution in [0.3, 0.4) is 0 Å². The SMILES string of the molecule is COc1cc(C(=O)N2CCC(N3CCN(C)CC3)CC2)ccc1Nc1ncc2c(n1)-c1c(C)cc(C(F)(F)F)n1CC2. The van der Waals surface area contributed by atoms with Crippen LogP contribution in [0.1, 0.15) is 40.0 Å². The van der Waals surface area contributed by atoms with Crippen LogP contribution in [0.2, 0.25) is 0 Å². The number of anilines is 2. The first-order valence-electron chi connectivity index (χ1n) is 14.4. The number of methoxy groups -OCH3 is 1. The van der Waals surface area contributed by atoms with Crippen LogP contribution in [0.15, 0.2) is 30.5 Å². The molecule has 9 nitrogen and oxygen atoms in total. The number of likely N-dealkylation sites (N-methyl/N-ethyl adjacent to an activating group) is 1. The fourth-order valence-corrected chi connectivity index (χ4v) is 6.41. The number of aryl methyl sites for hydroxylation is 2. The minimum atomic E-state index is -4.44. The molecule has 3 aromatic rings. The molecule has 0 aliphatic carbocycles. The molecule has 3 aliphatic heterocycles. The number of hydrogen-bond donors (Lipinski definition) is 1. The molecular formula is C30H36F3N7O2. The summed E-state index contributed by atoms with van der Waals surface area (Å²) in [6.45, 7) is 7.66.